The molecule has 0 aliphatic carbocycles. The molecule has 0 spiro atoms. The predicted molar refractivity (Wildman–Crippen MR) is 89.7 cm³/mol. The molecular weight excluding hydrogens is 322 g/mol. The van der Waals surface area contributed by atoms with E-state index in [-0.39, 0.29) is 18.9 Å². The highest BCUT2D eigenvalue weighted by atomic mass is 32.2. The third kappa shape index (κ3) is 3.86. The van der Waals surface area contributed by atoms with Crippen LogP contribution >= 0.6 is 24.0 Å². The highest BCUT2D eigenvalue weighted by Gasteiger charge is 2.32. The lowest BCUT2D eigenvalue weighted by Crippen LogP contribution is -2.30. The zero-order chi connectivity index (χ0) is 16.1. The Bertz CT molecular complexity index is 642. The van der Waals surface area contributed by atoms with Crippen molar-refractivity contribution in [3.63, 3.8) is 0 Å². The van der Waals surface area contributed by atoms with Crippen molar-refractivity contribution >= 4 is 46.3 Å². The molecule has 2 rings (SSSR count). The predicted octanol–water partition coefficient (Wildman–Crippen LogP) is 2.76. The van der Waals surface area contributed by atoms with Crippen LogP contribution in [0.15, 0.2) is 29.2 Å². The molecule has 5 nitrogen and oxygen atoms in total. The highest BCUT2D eigenvalue weighted by molar-refractivity contribution is 8.26. The maximum Gasteiger partial charge on any atom is 0.305 e. The first-order valence-electron chi connectivity index (χ1n) is 6.72. The van der Waals surface area contributed by atoms with Gasteiger partial charge in [-0.05, 0) is 19.1 Å². The molecule has 1 aliphatic rings. The minimum Gasteiger partial charge on any atom is -0.493 e. The smallest absolute Gasteiger partial charge is 0.305 e. The molecular formula is C15H15NO4S2. The Kier molecular flexibility index (Phi) is 5.57. The lowest BCUT2D eigenvalue weighted by molar-refractivity contribution is -0.137. The Morgan fingerprint density at radius 2 is 2.18 bits per heavy atom. The first-order valence-corrected chi connectivity index (χ1v) is 7.94. The standard InChI is InChI=1S/C15H15NO4S2/c1-2-20-11-6-4-3-5-10(11)9-12-14(19)16(15(21)22-12)8-7-13(17)18/h3-6,9H,2,7-8H2,1H3,(H,17,18)/b12-9-. The maximum absolute atomic E-state index is 12.3. The average Bonchev–Trinajstić information content (AvgIpc) is 2.73. The zero-order valence-electron chi connectivity index (χ0n) is 11.9. The number of amides is 1. The second-order valence-corrected chi connectivity index (χ2v) is 6.12. The molecule has 0 unspecified atom stereocenters. The van der Waals surface area contributed by atoms with Crippen LogP contribution < -0.4 is 4.74 Å². The Balaban J connectivity index is 2.21. The second kappa shape index (κ2) is 7.42. The van der Waals surface area contributed by atoms with Gasteiger partial charge in [0.25, 0.3) is 5.91 Å². The van der Waals surface area contributed by atoms with Crippen molar-refractivity contribution in [3.8, 4) is 5.75 Å². The number of para-hydroxylation sites is 1. The van der Waals surface area contributed by atoms with Crippen LogP contribution in [0.1, 0.15) is 18.9 Å². The summed E-state index contributed by atoms with van der Waals surface area (Å²) in [5, 5.41) is 8.72. The topological polar surface area (TPSA) is 66.8 Å². The molecule has 7 heteroatoms. The number of rotatable bonds is 6. The van der Waals surface area contributed by atoms with Crippen LogP contribution in [0.3, 0.4) is 0 Å². The van der Waals surface area contributed by atoms with E-state index in [9.17, 15) is 9.59 Å². The third-order valence-electron chi connectivity index (χ3n) is 2.93. The van der Waals surface area contributed by atoms with Gasteiger partial charge in [0, 0.05) is 12.1 Å². The molecule has 0 bridgehead atoms. The molecule has 1 fully saturated rings. The average molecular weight is 337 g/mol. The van der Waals surface area contributed by atoms with E-state index < -0.39 is 5.97 Å². The molecule has 0 atom stereocenters. The fourth-order valence-electron chi connectivity index (χ4n) is 1.93. The van der Waals surface area contributed by atoms with E-state index in [0.29, 0.717) is 21.6 Å². The molecule has 1 aliphatic heterocycles. The van der Waals surface area contributed by atoms with Crippen molar-refractivity contribution in [2.45, 2.75) is 13.3 Å². The van der Waals surface area contributed by atoms with E-state index in [2.05, 4.69) is 0 Å². The lowest BCUT2D eigenvalue weighted by atomic mass is 10.2. The number of thioether (sulfide) groups is 1. The van der Waals surface area contributed by atoms with Crippen molar-refractivity contribution < 1.29 is 19.4 Å². The number of carboxylic acid groups (broad SMARTS) is 1. The summed E-state index contributed by atoms with van der Waals surface area (Å²) in [5.41, 5.74) is 0.795. The quantitative estimate of drug-likeness (QED) is 0.636. The summed E-state index contributed by atoms with van der Waals surface area (Å²) in [4.78, 5) is 24.8. The van der Waals surface area contributed by atoms with E-state index >= 15 is 0 Å². The molecule has 1 aromatic rings. The van der Waals surface area contributed by atoms with Crippen molar-refractivity contribution in [2.75, 3.05) is 13.2 Å². The SMILES string of the molecule is CCOc1ccccc1/C=C1\SC(=S)N(CCC(=O)O)C1=O. The van der Waals surface area contributed by atoms with Gasteiger partial charge in [0.1, 0.15) is 10.1 Å². The summed E-state index contributed by atoms with van der Waals surface area (Å²) in [6.07, 6.45) is 1.60. The largest absolute Gasteiger partial charge is 0.493 e. The molecule has 0 radical (unpaired) electrons. The van der Waals surface area contributed by atoms with Gasteiger partial charge in [0.2, 0.25) is 0 Å². The number of hydrogen-bond acceptors (Lipinski definition) is 5. The van der Waals surface area contributed by atoms with Crippen molar-refractivity contribution in [3.05, 3.63) is 34.7 Å². The Morgan fingerprint density at radius 3 is 2.86 bits per heavy atom. The van der Waals surface area contributed by atoms with Gasteiger partial charge in [0.15, 0.2) is 0 Å². The summed E-state index contributed by atoms with van der Waals surface area (Å²) in [7, 11) is 0. The molecule has 1 N–H and O–H groups in total. The fraction of sp³-hybridized carbons (Fsp3) is 0.267. The number of hydrogen-bond donors (Lipinski definition) is 1. The molecule has 1 amide bonds. The van der Waals surface area contributed by atoms with E-state index in [1.54, 1.807) is 6.08 Å². The Labute approximate surface area is 137 Å². The van der Waals surface area contributed by atoms with Crippen LogP contribution in [0.4, 0.5) is 0 Å². The first kappa shape index (κ1) is 16.5. The van der Waals surface area contributed by atoms with Gasteiger partial charge in [-0.2, -0.15) is 0 Å². The van der Waals surface area contributed by atoms with Gasteiger partial charge >= 0.3 is 5.97 Å². The summed E-state index contributed by atoms with van der Waals surface area (Å²) in [6, 6.07) is 7.41. The highest BCUT2D eigenvalue weighted by Crippen LogP contribution is 2.34. The van der Waals surface area contributed by atoms with E-state index in [4.69, 9.17) is 22.1 Å². The van der Waals surface area contributed by atoms with Crippen LogP contribution in [0, 0.1) is 0 Å². The fourth-order valence-corrected chi connectivity index (χ4v) is 3.23. The molecule has 116 valence electrons. The molecule has 1 heterocycles. The monoisotopic (exact) mass is 337 g/mol. The lowest BCUT2D eigenvalue weighted by Gasteiger charge is -2.12. The molecule has 1 saturated heterocycles. The van der Waals surface area contributed by atoms with Gasteiger partial charge in [-0.25, -0.2) is 0 Å². The number of carbonyl (C=O) groups excluding carboxylic acids is 1. The number of nitrogens with zero attached hydrogens (tertiary/aromatic N) is 1. The van der Waals surface area contributed by atoms with Gasteiger partial charge in [0.05, 0.1) is 17.9 Å². The third-order valence-corrected chi connectivity index (χ3v) is 4.31. The van der Waals surface area contributed by atoms with Gasteiger partial charge in [-0.15, -0.1) is 0 Å². The van der Waals surface area contributed by atoms with Gasteiger partial charge in [-0.3, -0.25) is 14.5 Å². The minimum absolute atomic E-state index is 0.0877. The number of carboxylic acids is 1. The second-order valence-electron chi connectivity index (χ2n) is 4.45. The number of benzene rings is 1. The van der Waals surface area contributed by atoms with Crippen molar-refractivity contribution in [1.82, 2.24) is 4.90 Å². The van der Waals surface area contributed by atoms with Crippen LogP contribution in [-0.4, -0.2) is 39.4 Å². The summed E-state index contributed by atoms with van der Waals surface area (Å²) >= 11 is 6.33. The maximum atomic E-state index is 12.3. The van der Waals surface area contributed by atoms with Crippen molar-refractivity contribution in [1.29, 1.82) is 0 Å². The molecule has 0 aromatic heterocycles. The number of aliphatic carboxylic acids is 1. The normalized spacial score (nSPS) is 16.4. The minimum atomic E-state index is -0.959. The number of thiocarbonyl (C=S) groups is 1. The Morgan fingerprint density at radius 1 is 1.45 bits per heavy atom. The van der Waals surface area contributed by atoms with Crippen molar-refractivity contribution in [2.24, 2.45) is 0 Å². The summed E-state index contributed by atoms with van der Waals surface area (Å²) < 4.78 is 5.91. The first-order chi connectivity index (χ1) is 10.5. The van der Waals surface area contributed by atoms with E-state index in [1.165, 1.54) is 16.7 Å². The number of carbonyl (C=O) groups is 2. The van der Waals surface area contributed by atoms with E-state index in [0.717, 1.165) is 5.56 Å². The van der Waals surface area contributed by atoms with Gasteiger partial charge in [-0.1, -0.05) is 42.2 Å². The molecule has 1 aromatic carbocycles. The molecule has 22 heavy (non-hydrogen) atoms. The number of ether oxygens (including phenoxy) is 1. The van der Waals surface area contributed by atoms with E-state index in [1.807, 2.05) is 31.2 Å². The van der Waals surface area contributed by atoms with Crippen LogP contribution in [-0.2, 0) is 9.59 Å². The van der Waals surface area contributed by atoms with Gasteiger partial charge < -0.3 is 9.84 Å². The molecule has 0 saturated carbocycles. The van der Waals surface area contributed by atoms with Crippen LogP contribution in [0.25, 0.3) is 6.08 Å². The van der Waals surface area contributed by atoms with Crippen LogP contribution in [0.2, 0.25) is 0 Å². The van der Waals surface area contributed by atoms with Crippen LogP contribution in [0.5, 0.6) is 5.75 Å². The zero-order valence-corrected chi connectivity index (χ0v) is 13.6. The Hall–Kier alpha value is -1.86. The summed E-state index contributed by atoms with van der Waals surface area (Å²) in [5.74, 6) is -0.525. The summed E-state index contributed by atoms with van der Waals surface area (Å²) in [6.45, 7) is 2.51.